The Morgan fingerprint density at radius 3 is 2.81 bits per heavy atom. The minimum atomic E-state index is -1.01. The number of nitrogens with one attached hydrogen (secondary N) is 1. The summed E-state index contributed by atoms with van der Waals surface area (Å²) in [5.74, 6) is -0.429. The standard InChI is InChI=1S/C15H18N2O3S/c1-10(7-8-21(2)20)17-14-11-5-3-4-6-13(11)16-9-12(14)15(18)19/h3-6,9-10H,7-8H2,1-2H3,(H,16,17)(H,18,19). The molecule has 0 amide bonds. The van der Waals surface area contributed by atoms with Crippen molar-refractivity contribution in [1.82, 2.24) is 4.98 Å². The molecule has 0 aliphatic heterocycles. The molecule has 1 aromatic carbocycles. The highest BCUT2D eigenvalue weighted by Crippen LogP contribution is 2.26. The summed E-state index contributed by atoms with van der Waals surface area (Å²) in [6, 6.07) is 7.44. The third-order valence-electron chi connectivity index (χ3n) is 3.23. The first kappa shape index (κ1) is 15.4. The summed E-state index contributed by atoms with van der Waals surface area (Å²) in [5, 5.41) is 13.3. The van der Waals surface area contributed by atoms with Crippen LogP contribution >= 0.6 is 0 Å². The molecule has 6 heteroatoms. The smallest absolute Gasteiger partial charge is 0.339 e. The summed E-state index contributed by atoms with van der Waals surface area (Å²) in [5.41, 5.74) is 1.47. The van der Waals surface area contributed by atoms with Crippen LogP contribution in [0.25, 0.3) is 10.9 Å². The van der Waals surface area contributed by atoms with Crippen molar-refractivity contribution in [2.45, 2.75) is 19.4 Å². The largest absolute Gasteiger partial charge is 0.478 e. The Bertz CT molecular complexity index is 688. The highest BCUT2D eigenvalue weighted by atomic mass is 32.2. The molecule has 1 aromatic heterocycles. The van der Waals surface area contributed by atoms with Gasteiger partial charge in [0, 0.05) is 40.4 Å². The highest BCUT2D eigenvalue weighted by Gasteiger charge is 2.16. The van der Waals surface area contributed by atoms with Gasteiger partial charge in [0.25, 0.3) is 0 Å². The Morgan fingerprint density at radius 1 is 1.43 bits per heavy atom. The summed E-state index contributed by atoms with van der Waals surface area (Å²) in [4.78, 5) is 15.6. The van der Waals surface area contributed by atoms with Crippen molar-refractivity contribution in [3.8, 4) is 0 Å². The van der Waals surface area contributed by atoms with Gasteiger partial charge in [-0.15, -0.1) is 0 Å². The highest BCUT2D eigenvalue weighted by molar-refractivity contribution is 7.84. The molecule has 0 bridgehead atoms. The number of rotatable bonds is 6. The van der Waals surface area contributed by atoms with Crippen LogP contribution < -0.4 is 5.32 Å². The van der Waals surface area contributed by atoms with Gasteiger partial charge in [-0.1, -0.05) is 18.2 Å². The molecule has 0 radical (unpaired) electrons. The van der Waals surface area contributed by atoms with Gasteiger partial charge in [0.15, 0.2) is 0 Å². The Balaban J connectivity index is 2.37. The van der Waals surface area contributed by atoms with Crippen LogP contribution in [0, 0.1) is 0 Å². The fraction of sp³-hybridized carbons (Fsp3) is 0.333. The van der Waals surface area contributed by atoms with Crippen LogP contribution in [0.3, 0.4) is 0 Å². The molecule has 0 spiro atoms. The van der Waals surface area contributed by atoms with E-state index in [2.05, 4.69) is 10.3 Å². The lowest BCUT2D eigenvalue weighted by atomic mass is 10.1. The maximum Gasteiger partial charge on any atom is 0.339 e. The molecule has 0 aliphatic rings. The first-order valence-corrected chi connectivity index (χ1v) is 8.39. The lowest BCUT2D eigenvalue weighted by Crippen LogP contribution is -2.20. The second kappa shape index (κ2) is 6.67. The normalized spacial score (nSPS) is 13.8. The van der Waals surface area contributed by atoms with E-state index < -0.39 is 16.8 Å². The van der Waals surface area contributed by atoms with Gasteiger partial charge in [0.05, 0.1) is 11.2 Å². The van der Waals surface area contributed by atoms with E-state index in [1.165, 1.54) is 6.20 Å². The van der Waals surface area contributed by atoms with Crippen LogP contribution in [-0.2, 0) is 10.8 Å². The SMILES string of the molecule is CC(CCS(C)=O)Nc1c(C(=O)O)cnc2ccccc12. The maximum absolute atomic E-state index is 11.4. The second-order valence-corrected chi connectivity index (χ2v) is 6.54. The van der Waals surface area contributed by atoms with E-state index in [1.807, 2.05) is 31.2 Å². The van der Waals surface area contributed by atoms with Crippen LogP contribution in [0.2, 0.25) is 0 Å². The predicted molar refractivity (Wildman–Crippen MR) is 85.3 cm³/mol. The number of fused-ring (bicyclic) bond motifs is 1. The number of anilines is 1. The Kier molecular flexibility index (Phi) is 4.90. The van der Waals surface area contributed by atoms with E-state index in [0.29, 0.717) is 17.9 Å². The summed E-state index contributed by atoms with van der Waals surface area (Å²) < 4.78 is 11.2. The average Bonchev–Trinajstić information content (AvgIpc) is 2.45. The summed E-state index contributed by atoms with van der Waals surface area (Å²) in [6.45, 7) is 1.95. The Hall–Kier alpha value is -1.95. The van der Waals surface area contributed by atoms with Crippen molar-refractivity contribution in [2.24, 2.45) is 0 Å². The lowest BCUT2D eigenvalue weighted by Gasteiger charge is -2.18. The molecule has 2 N–H and O–H groups in total. The molecule has 0 saturated carbocycles. The van der Waals surface area contributed by atoms with Gasteiger partial charge in [0.2, 0.25) is 0 Å². The van der Waals surface area contributed by atoms with Crippen LogP contribution in [-0.4, -0.2) is 38.3 Å². The number of carboxylic acids is 1. The first-order chi connectivity index (χ1) is 9.99. The van der Waals surface area contributed by atoms with E-state index in [0.717, 1.165) is 10.9 Å². The zero-order chi connectivity index (χ0) is 15.4. The predicted octanol–water partition coefficient (Wildman–Crippen LogP) is 2.50. The number of benzene rings is 1. The van der Waals surface area contributed by atoms with Crippen molar-refractivity contribution in [3.05, 3.63) is 36.0 Å². The number of hydrogen-bond acceptors (Lipinski definition) is 4. The lowest BCUT2D eigenvalue weighted by molar-refractivity contribution is 0.0697. The fourth-order valence-corrected chi connectivity index (χ4v) is 2.81. The van der Waals surface area contributed by atoms with Crippen LogP contribution in [0.1, 0.15) is 23.7 Å². The first-order valence-electron chi connectivity index (χ1n) is 6.66. The molecule has 2 rings (SSSR count). The number of aromatic carboxylic acids is 1. The Morgan fingerprint density at radius 2 is 2.14 bits per heavy atom. The number of hydrogen-bond donors (Lipinski definition) is 2. The molecule has 2 unspecified atom stereocenters. The number of carbonyl (C=O) groups is 1. The van der Waals surface area contributed by atoms with Gasteiger partial charge in [-0.3, -0.25) is 9.19 Å². The zero-order valence-corrected chi connectivity index (χ0v) is 12.8. The molecule has 0 fully saturated rings. The summed E-state index contributed by atoms with van der Waals surface area (Å²) >= 11 is 0. The van der Waals surface area contributed by atoms with Gasteiger partial charge in [0.1, 0.15) is 5.56 Å². The Labute approximate surface area is 125 Å². The number of pyridine rings is 1. The van der Waals surface area contributed by atoms with E-state index in [9.17, 15) is 14.1 Å². The number of carboxylic acid groups (broad SMARTS) is 1. The van der Waals surface area contributed by atoms with Crippen molar-refractivity contribution in [3.63, 3.8) is 0 Å². The van der Waals surface area contributed by atoms with Gasteiger partial charge < -0.3 is 10.4 Å². The minimum Gasteiger partial charge on any atom is -0.478 e. The van der Waals surface area contributed by atoms with Crippen molar-refractivity contribution >= 4 is 33.4 Å². The van der Waals surface area contributed by atoms with Gasteiger partial charge in [-0.25, -0.2) is 4.79 Å². The topological polar surface area (TPSA) is 79.3 Å². The van der Waals surface area contributed by atoms with Gasteiger partial charge >= 0.3 is 5.97 Å². The van der Waals surface area contributed by atoms with Crippen LogP contribution in [0.15, 0.2) is 30.5 Å². The monoisotopic (exact) mass is 306 g/mol. The van der Waals surface area contributed by atoms with Gasteiger partial charge in [-0.2, -0.15) is 0 Å². The van der Waals surface area contributed by atoms with E-state index in [4.69, 9.17) is 0 Å². The number of para-hydroxylation sites is 1. The molecular formula is C15H18N2O3S. The molecule has 2 aromatic rings. The third kappa shape index (κ3) is 3.78. The molecule has 112 valence electrons. The maximum atomic E-state index is 11.4. The molecule has 1 heterocycles. The fourth-order valence-electron chi connectivity index (χ4n) is 2.12. The van der Waals surface area contributed by atoms with E-state index in [-0.39, 0.29) is 11.6 Å². The number of aromatic nitrogens is 1. The quantitative estimate of drug-likeness (QED) is 0.857. The molecule has 0 aliphatic carbocycles. The molecule has 2 atom stereocenters. The van der Waals surface area contributed by atoms with Crippen LogP contribution in [0.4, 0.5) is 5.69 Å². The van der Waals surface area contributed by atoms with Crippen LogP contribution in [0.5, 0.6) is 0 Å². The van der Waals surface area contributed by atoms with Gasteiger partial charge in [-0.05, 0) is 19.4 Å². The molecule has 5 nitrogen and oxygen atoms in total. The van der Waals surface area contributed by atoms with Crippen molar-refractivity contribution in [2.75, 3.05) is 17.3 Å². The average molecular weight is 306 g/mol. The second-order valence-electron chi connectivity index (χ2n) is 4.98. The zero-order valence-electron chi connectivity index (χ0n) is 12.0. The van der Waals surface area contributed by atoms with E-state index >= 15 is 0 Å². The molecular weight excluding hydrogens is 288 g/mol. The third-order valence-corrected chi connectivity index (χ3v) is 4.05. The molecule has 21 heavy (non-hydrogen) atoms. The summed E-state index contributed by atoms with van der Waals surface area (Å²) in [6.07, 6.45) is 3.74. The van der Waals surface area contributed by atoms with E-state index in [1.54, 1.807) is 6.26 Å². The number of nitrogens with zero attached hydrogens (tertiary/aromatic N) is 1. The summed E-state index contributed by atoms with van der Waals surface area (Å²) in [7, 11) is -0.854. The molecule has 0 saturated heterocycles. The van der Waals surface area contributed by atoms with Crippen molar-refractivity contribution in [1.29, 1.82) is 0 Å². The minimum absolute atomic E-state index is 0.0257. The van der Waals surface area contributed by atoms with Crippen molar-refractivity contribution < 1.29 is 14.1 Å².